The number of aliphatic hydroxyl groups excluding tert-OH is 1. The van der Waals surface area contributed by atoms with Gasteiger partial charge in [-0.25, -0.2) is 0 Å². The minimum absolute atomic E-state index is 0.0541. The third kappa shape index (κ3) is 6.06. The fraction of sp³-hybridized carbons (Fsp3) is 0.341. The normalized spacial score (nSPS) is 23.5. The van der Waals surface area contributed by atoms with E-state index in [4.69, 9.17) is 14.2 Å². The molecule has 7 rings (SSSR count). The maximum absolute atomic E-state index is 14.4. The van der Waals surface area contributed by atoms with Crippen LogP contribution in [0.5, 0.6) is 11.5 Å². The molecule has 0 aromatic heterocycles. The van der Waals surface area contributed by atoms with Gasteiger partial charge in [-0.1, -0.05) is 61.6 Å². The van der Waals surface area contributed by atoms with Crippen molar-refractivity contribution in [3.05, 3.63) is 113 Å². The zero-order valence-electron chi connectivity index (χ0n) is 30.1. The first-order valence-corrected chi connectivity index (χ1v) is 20.8. The second-order valence-electron chi connectivity index (χ2n) is 14.6. The number of benzene rings is 4. The molecule has 3 heterocycles. The van der Waals surface area contributed by atoms with Gasteiger partial charge in [-0.05, 0) is 77.7 Å². The molecule has 1 fully saturated rings. The predicted molar refractivity (Wildman–Crippen MR) is 202 cm³/mol. The third-order valence-corrected chi connectivity index (χ3v) is 15.8. The quantitative estimate of drug-likeness (QED) is 0.196. The van der Waals surface area contributed by atoms with Crippen LogP contribution in [-0.2, 0) is 32.9 Å². The van der Waals surface area contributed by atoms with Crippen LogP contribution in [0, 0.1) is 5.92 Å². The summed E-state index contributed by atoms with van der Waals surface area (Å²) >= 11 is 0. The zero-order valence-corrected chi connectivity index (χ0v) is 31.1. The average Bonchev–Trinajstić information content (AvgIpc) is 3.62. The van der Waals surface area contributed by atoms with E-state index in [0.717, 1.165) is 22.1 Å². The lowest BCUT2D eigenvalue weighted by atomic mass is 9.82. The van der Waals surface area contributed by atoms with Gasteiger partial charge < -0.3 is 34.9 Å². The molecule has 4 aromatic rings. The molecule has 270 valence electrons. The molecule has 3 aliphatic heterocycles. The summed E-state index contributed by atoms with van der Waals surface area (Å²) in [6.07, 6.45) is 0.0242. The molecular formula is C41H45N3O7Si. The average molecular weight is 720 g/mol. The summed E-state index contributed by atoms with van der Waals surface area (Å²) in [5, 5.41) is 17.6. The van der Waals surface area contributed by atoms with Crippen LogP contribution in [0.3, 0.4) is 0 Å². The lowest BCUT2D eigenvalue weighted by Gasteiger charge is -2.39. The number of anilines is 2. The van der Waals surface area contributed by atoms with E-state index >= 15 is 0 Å². The van der Waals surface area contributed by atoms with E-state index in [2.05, 4.69) is 42.8 Å². The van der Waals surface area contributed by atoms with Gasteiger partial charge in [-0.2, -0.15) is 0 Å². The first kappa shape index (κ1) is 35.4. The van der Waals surface area contributed by atoms with Crippen molar-refractivity contribution in [2.75, 3.05) is 31.5 Å². The van der Waals surface area contributed by atoms with Gasteiger partial charge >= 0.3 is 0 Å². The Morgan fingerprint density at radius 1 is 0.962 bits per heavy atom. The predicted octanol–water partition coefficient (Wildman–Crippen LogP) is 5.46. The van der Waals surface area contributed by atoms with Crippen molar-refractivity contribution >= 4 is 42.4 Å². The summed E-state index contributed by atoms with van der Waals surface area (Å²) in [4.78, 5) is 43.7. The van der Waals surface area contributed by atoms with Gasteiger partial charge in [-0.15, -0.1) is 0 Å². The second kappa shape index (κ2) is 13.9. The standard InChI is InChI=1S/C41H45N3O7Si/c1-25-38(52(4,5)33-17-15-32(50-3)16-18-33)36(22-37(46)44-23-28-9-7-6-8-27(28)20-30(44)24-45)51-41(25)34-21-29(12-19-35(34)43-40(41)48)42-39(47)26-10-13-31(49-2)14-11-26/h6-19,21,25,30,36,38,45H,20,22-24H2,1-5H3,(H,42,47)(H,43,48)/t25-,30-,36+,38-,41+/m0/s1. The Balaban J connectivity index is 1.25. The van der Waals surface area contributed by atoms with Gasteiger partial charge in [0, 0.05) is 35.0 Å². The number of rotatable bonds is 9. The molecule has 4 aromatic carbocycles. The molecule has 3 N–H and O–H groups in total. The molecule has 0 radical (unpaired) electrons. The van der Waals surface area contributed by atoms with Gasteiger partial charge in [0.15, 0.2) is 5.60 Å². The molecule has 3 aliphatic rings. The van der Waals surface area contributed by atoms with E-state index in [9.17, 15) is 19.5 Å². The number of ether oxygens (including phenoxy) is 3. The van der Waals surface area contributed by atoms with E-state index in [1.54, 1.807) is 55.5 Å². The molecule has 0 unspecified atom stereocenters. The molecule has 10 nitrogen and oxygen atoms in total. The fourth-order valence-electron chi connectivity index (χ4n) is 8.69. The summed E-state index contributed by atoms with van der Waals surface area (Å²) < 4.78 is 17.7. The molecule has 52 heavy (non-hydrogen) atoms. The molecule has 3 amide bonds. The highest BCUT2D eigenvalue weighted by molar-refractivity contribution is 6.91. The zero-order chi connectivity index (χ0) is 36.8. The van der Waals surface area contributed by atoms with Crippen molar-refractivity contribution in [2.24, 2.45) is 5.92 Å². The molecule has 11 heteroatoms. The molecule has 0 saturated carbocycles. The van der Waals surface area contributed by atoms with Gasteiger partial charge in [0.1, 0.15) is 11.5 Å². The highest BCUT2D eigenvalue weighted by Gasteiger charge is 2.65. The number of fused-ring (bicyclic) bond motifs is 3. The van der Waals surface area contributed by atoms with Crippen LogP contribution in [0.15, 0.2) is 91.0 Å². The SMILES string of the molecule is COc1ccc(C(=O)Nc2ccc3c(c2)[C@@]2(O[C@H](CC(=O)N4Cc5ccccc5C[C@H]4CO)[C@@H]([Si](C)(C)c4ccc(OC)cc4)[C@@H]2C)C(=O)N3)cc1. The maximum Gasteiger partial charge on any atom is 0.261 e. The van der Waals surface area contributed by atoms with Crippen molar-refractivity contribution in [3.8, 4) is 11.5 Å². The number of carbonyl (C=O) groups is 3. The second-order valence-corrected chi connectivity index (χ2v) is 19.3. The van der Waals surface area contributed by atoms with Crippen LogP contribution >= 0.6 is 0 Å². The summed E-state index contributed by atoms with van der Waals surface area (Å²) in [6, 6.07) is 27.9. The van der Waals surface area contributed by atoms with E-state index in [-0.39, 0.29) is 48.3 Å². The van der Waals surface area contributed by atoms with Crippen molar-refractivity contribution in [1.29, 1.82) is 0 Å². The largest absolute Gasteiger partial charge is 0.497 e. The first-order valence-electron chi connectivity index (χ1n) is 17.7. The Labute approximate surface area is 305 Å². The van der Waals surface area contributed by atoms with Crippen molar-refractivity contribution < 1.29 is 33.7 Å². The summed E-state index contributed by atoms with van der Waals surface area (Å²) in [7, 11) is 0.703. The van der Waals surface area contributed by atoms with Gasteiger partial charge in [0.2, 0.25) is 5.91 Å². The van der Waals surface area contributed by atoms with E-state index in [1.165, 1.54) is 0 Å². The fourth-order valence-corrected chi connectivity index (χ4v) is 12.7. The van der Waals surface area contributed by atoms with Crippen LogP contribution in [0.4, 0.5) is 11.4 Å². The molecule has 1 spiro atoms. The van der Waals surface area contributed by atoms with E-state index < -0.39 is 19.8 Å². The minimum Gasteiger partial charge on any atom is -0.497 e. The monoisotopic (exact) mass is 719 g/mol. The van der Waals surface area contributed by atoms with Gasteiger partial charge in [0.25, 0.3) is 11.8 Å². The van der Waals surface area contributed by atoms with Gasteiger partial charge in [-0.3, -0.25) is 14.4 Å². The van der Waals surface area contributed by atoms with Crippen LogP contribution in [0.1, 0.15) is 40.4 Å². The number of hydrogen-bond acceptors (Lipinski definition) is 7. The van der Waals surface area contributed by atoms with E-state index in [0.29, 0.717) is 41.2 Å². The Hall–Kier alpha value is -4.97. The smallest absolute Gasteiger partial charge is 0.261 e. The lowest BCUT2D eigenvalue weighted by molar-refractivity contribution is -0.149. The number of nitrogens with zero attached hydrogens (tertiary/aromatic N) is 1. The molecular weight excluding hydrogens is 675 g/mol. The summed E-state index contributed by atoms with van der Waals surface area (Å²) in [6.45, 7) is 6.84. The van der Waals surface area contributed by atoms with Crippen molar-refractivity contribution in [1.82, 2.24) is 4.90 Å². The lowest BCUT2D eigenvalue weighted by Crippen LogP contribution is -2.52. The number of aliphatic hydroxyl groups is 1. The topological polar surface area (TPSA) is 126 Å². The Kier molecular flexibility index (Phi) is 9.45. The highest BCUT2D eigenvalue weighted by atomic mass is 28.3. The minimum atomic E-state index is -2.50. The van der Waals surface area contributed by atoms with Crippen LogP contribution in [0.25, 0.3) is 0 Å². The van der Waals surface area contributed by atoms with Crippen LogP contribution < -0.4 is 25.3 Å². The number of carbonyl (C=O) groups excluding carboxylic acids is 3. The van der Waals surface area contributed by atoms with Crippen molar-refractivity contribution in [2.45, 2.75) is 62.7 Å². The third-order valence-electron chi connectivity index (χ3n) is 11.5. The maximum atomic E-state index is 14.4. The molecule has 0 aliphatic carbocycles. The Bertz CT molecular complexity index is 2000. The summed E-state index contributed by atoms with van der Waals surface area (Å²) in [5.74, 6) is 0.360. The molecule has 1 saturated heterocycles. The highest BCUT2D eigenvalue weighted by Crippen LogP contribution is 2.59. The number of methoxy groups -OCH3 is 2. The number of nitrogens with one attached hydrogen (secondary N) is 2. The van der Waals surface area contributed by atoms with Crippen molar-refractivity contribution in [3.63, 3.8) is 0 Å². The number of hydrogen-bond donors (Lipinski definition) is 3. The Morgan fingerprint density at radius 3 is 2.27 bits per heavy atom. The van der Waals surface area contributed by atoms with Crippen LogP contribution in [-0.4, -0.2) is 68.8 Å². The Morgan fingerprint density at radius 2 is 1.62 bits per heavy atom. The van der Waals surface area contributed by atoms with Crippen LogP contribution in [0.2, 0.25) is 18.6 Å². The molecule has 0 bridgehead atoms. The van der Waals surface area contributed by atoms with E-state index in [1.807, 2.05) is 42.5 Å². The van der Waals surface area contributed by atoms with Gasteiger partial charge in [0.05, 0.1) is 47.5 Å². The summed E-state index contributed by atoms with van der Waals surface area (Å²) in [5.41, 5.74) is 2.87. The molecule has 5 atom stereocenters. The first-order chi connectivity index (χ1) is 25.0. The number of amides is 3.